The number of rotatable bonds is 7. The zero-order chi connectivity index (χ0) is 21.3. The molecular weight excluding hydrogens is 414 g/mol. The summed E-state index contributed by atoms with van der Waals surface area (Å²) in [5.41, 5.74) is 1.46. The lowest BCUT2D eigenvalue weighted by Gasteiger charge is -2.14. The second kappa shape index (κ2) is 8.27. The molecule has 0 bridgehead atoms. The summed E-state index contributed by atoms with van der Waals surface area (Å²) in [6.07, 6.45) is 0. The lowest BCUT2D eigenvalue weighted by molar-refractivity contribution is 0.0715. The highest BCUT2D eigenvalue weighted by molar-refractivity contribution is 7.99. The van der Waals surface area contributed by atoms with E-state index in [4.69, 9.17) is 9.47 Å². The number of imidazole rings is 1. The van der Waals surface area contributed by atoms with E-state index in [9.17, 15) is 8.78 Å². The predicted molar refractivity (Wildman–Crippen MR) is 108 cm³/mol. The van der Waals surface area contributed by atoms with E-state index in [0.29, 0.717) is 33.4 Å². The molecule has 2 aromatic heterocycles. The van der Waals surface area contributed by atoms with Gasteiger partial charge < -0.3 is 9.47 Å². The van der Waals surface area contributed by atoms with Crippen molar-refractivity contribution in [2.75, 3.05) is 14.2 Å². The zero-order valence-corrected chi connectivity index (χ0v) is 17.2. The normalized spacial score (nSPS) is 12.5. The van der Waals surface area contributed by atoms with Crippen LogP contribution in [0.25, 0.3) is 16.7 Å². The first-order valence-corrected chi connectivity index (χ1v) is 9.84. The molecule has 0 aliphatic heterocycles. The molecule has 30 heavy (non-hydrogen) atoms. The molecule has 0 N–H and O–H groups in total. The molecule has 0 aliphatic rings. The third kappa shape index (κ3) is 3.56. The van der Waals surface area contributed by atoms with Gasteiger partial charge in [0, 0.05) is 6.07 Å². The van der Waals surface area contributed by atoms with Gasteiger partial charge in [0.05, 0.1) is 30.5 Å². The van der Waals surface area contributed by atoms with Gasteiger partial charge in [-0.3, -0.25) is 4.57 Å². The number of hydrogen-bond donors (Lipinski definition) is 0. The lowest BCUT2D eigenvalue weighted by Crippen LogP contribution is -2.08. The van der Waals surface area contributed by atoms with Gasteiger partial charge in [-0.1, -0.05) is 23.9 Å². The fraction of sp³-hybridized carbons (Fsp3) is 0.263. The van der Waals surface area contributed by atoms with Crippen LogP contribution in [0.2, 0.25) is 0 Å². The monoisotopic (exact) mass is 432 g/mol. The SMILES string of the molecule is COc1ccc(OC)c(-n2nnnc2SC(C)c2nc3ccccc3n2C(F)F)c1. The fourth-order valence-corrected chi connectivity index (χ4v) is 4.04. The lowest BCUT2D eigenvalue weighted by atomic mass is 10.3. The van der Waals surface area contributed by atoms with Crippen LogP contribution < -0.4 is 9.47 Å². The Kier molecular flexibility index (Phi) is 5.53. The van der Waals surface area contributed by atoms with Gasteiger partial charge in [0.15, 0.2) is 0 Å². The summed E-state index contributed by atoms with van der Waals surface area (Å²) in [5.74, 6) is 1.38. The first-order chi connectivity index (χ1) is 14.5. The van der Waals surface area contributed by atoms with Crippen molar-refractivity contribution in [1.82, 2.24) is 29.8 Å². The van der Waals surface area contributed by atoms with E-state index < -0.39 is 11.8 Å². The first kappa shape index (κ1) is 20.1. The number of thioether (sulfide) groups is 1. The Morgan fingerprint density at radius 1 is 1.07 bits per heavy atom. The number of aromatic nitrogens is 6. The fourth-order valence-electron chi connectivity index (χ4n) is 3.13. The molecule has 4 rings (SSSR count). The molecule has 1 unspecified atom stereocenters. The van der Waals surface area contributed by atoms with E-state index in [2.05, 4.69) is 20.5 Å². The van der Waals surface area contributed by atoms with Crippen LogP contribution in [-0.4, -0.2) is 44.0 Å². The van der Waals surface area contributed by atoms with Gasteiger partial charge in [-0.2, -0.15) is 13.5 Å². The highest BCUT2D eigenvalue weighted by Gasteiger charge is 2.25. The van der Waals surface area contributed by atoms with E-state index >= 15 is 0 Å². The third-order valence-corrected chi connectivity index (χ3v) is 5.55. The largest absolute Gasteiger partial charge is 0.497 e. The Balaban J connectivity index is 1.72. The van der Waals surface area contributed by atoms with E-state index in [1.165, 1.54) is 23.6 Å². The number of fused-ring (bicyclic) bond motifs is 1. The van der Waals surface area contributed by atoms with Crippen molar-refractivity contribution in [3.05, 3.63) is 48.3 Å². The summed E-state index contributed by atoms with van der Waals surface area (Å²) in [6, 6.07) is 12.0. The van der Waals surface area contributed by atoms with Crippen LogP contribution in [0.5, 0.6) is 11.5 Å². The molecule has 156 valence electrons. The van der Waals surface area contributed by atoms with Crippen molar-refractivity contribution in [1.29, 1.82) is 0 Å². The van der Waals surface area contributed by atoms with Gasteiger partial charge in [0.1, 0.15) is 23.0 Å². The average molecular weight is 432 g/mol. The van der Waals surface area contributed by atoms with Gasteiger partial charge in [-0.05, 0) is 41.6 Å². The van der Waals surface area contributed by atoms with E-state index in [1.807, 2.05) is 0 Å². The highest BCUT2D eigenvalue weighted by Crippen LogP contribution is 2.38. The van der Waals surface area contributed by atoms with Crippen LogP contribution in [0.4, 0.5) is 8.78 Å². The van der Waals surface area contributed by atoms with Crippen LogP contribution >= 0.6 is 11.8 Å². The molecular formula is C19H18F2N6O2S. The van der Waals surface area contributed by atoms with Crippen LogP contribution in [-0.2, 0) is 0 Å². The number of benzene rings is 2. The summed E-state index contributed by atoms with van der Waals surface area (Å²) >= 11 is 1.22. The Morgan fingerprint density at radius 2 is 1.87 bits per heavy atom. The number of halogens is 2. The number of tetrazole rings is 1. The molecule has 2 heterocycles. The molecule has 0 fully saturated rings. The number of hydrogen-bond acceptors (Lipinski definition) is 7. The maximum atomic E-state index is 13.8. The van der Waals surface area contributed by atoms with Gasteiger partial charge in [0.2, 0.25) is 5.16 Å². The highest BCUT2D eigenvalue weighted by atomic mass is 32.2. The third-order valence-electron chi connectivity index (χ3n) is 4.52. The van der Waals surface area contributed by atoms with Crippen LogP contribution in [0, 0.1) is 0 Å². The Labute approximate surface area is 174 Å². The number of nitrogens with zero attached hydrogens (tertiary/aromatic N) is 6. The van der Waals surface area contributed by atoms with Crippen molar-refractivity contribution < 1.29 is 18.3 Å². The topological polar surface area (TPSA) is 79.9 Å². The number of alkyl halides is 2. The Bertz CT molecular complexity index is 1180. The van der Waals surface area contributed by atoms with E-state index in [-0.39, 0.29) is 5.82 Å². The second-order valence-electron chi connectivity index (χ2n) is 6.28. The minimum absolute atomic E-state index is 0.239. The number of ether oxygens (including phenoxy) is 2. The zero-order valence-electron chi connectivity index (χ0n) is 16.4. The molecule has 0 saturated heterocycles. The predicted octanol–water partition coefficient (Wildman–Crippen LogP) is 4.28. The molecule has 8 nitrogen and oxygen atoms in total. The average Bonchev–Trinajstić information content (AvgIpc) is 3.37. The second-order valence-corrected chi connectivity index (χ2v) is 7.59. The quantitative estimate of drug-likeness (QED) is 0.403. The molecule has 0 saturated carbocycles. The summed E-state index contributed by atoms with van der Waals surface area (Å²) < 4.78 is 40.7. The number of para-hydroxylation sites is 2. The van der Waals surface area contributed by atoms with Crippen LogP contribution in [0.3, 0.4) is 0 Å². The standard InChI is InChI=1S/C19H18F2N6O2S/c1-11(17-22-13-6-4-5-7-14(13)26(17)18(20)21)30-19-23-24-25-27(19)15-10-12(28-2)8-9-16(15)29-3/h4-11,18H,1-3H3. The van der Waals surface area contributed by atoms with E-state index in [1.54, 1.807) is 56.5 Å². The van der Waals surface area contributed by atoms with Crippen molar-refractivity contribution in [2.45, 2.75) is 23.9 Å². The summed E-state index contributed by atoms with van der Waals surface area (Å²) in [4.78, 5) is 4.42. The Hall–Kier alpha value is -3.21. The summed E-state index contributed by atoms with van der Waals surface area (Å²) in [7, 11) is 3.09. The maximum absolute atomic E-state index is 13.8. The van der Waals surface area contributed by atoms with E-state index in [0.717, 1.165) is 4.57 Å². The van der Waals surface area contributed by atoms with Crippen molar-refractivity contribution in [3.63, 3.8) is 0 Å². The molecule has 4 aromatic rings. The molecule has 2 aromatic carbocycles. The van der Waals surface area contributed by atoms with Crippen LogP contribution in [0.1, 0.15) is 24.5 Å². The molecule has 0 aliphatic carbocycles. The smallest absolute Gasteiger partial charge is 0.320 e. The summed E-state index contributed by atoms with van der Waals surface area (Å²) in [5, 5.41) is 11.8. The van der Waals surface area contributed by atoms with Crippen molar-refractivity contribution in [3.8, 4) is 17.2 Å². The maximum Gasteiger partial charge on any atom is 0.320 e. The van der Waals surface area contributed by atoms with Crippen LogP contribution in [0.15, 0.2) is 47.6 Å². The molecule has 0 spiro atoms. The van der Waals surface area contributed by atoms with Gasteiger partial charge in [0.25, 0.3) is 0 Å². The van der Waals surface area contributed by atoms with Crippen molar-refractivity contribution >= 4 is 22.8 Å². The van der Waals surface area contributed by atoms with Gasteiger partial charge in [-0.25, -0.2) is 4.98 Å². The molecule has 1 atom stereocenters. The molecule has 0 radical (unpaired) electrons. The Morgan fingerprint density at radius 3 is 2.60 bits per heavy atom. The number of methoxy groups -OCH3 is 2. The van der Waals surface area contributed by atoms with Gasteiger partial charge >= 0.3 is 6.55 Å². The minimum Gasteiger partial charge on any atom is -0.497 e. The van der Waals surface area contributed by atoms with Crippen molar-refractivity contribution in [2.24, 2.45) is 0 Å². The summed E-state index contributed by atoms with van der Waals surface area (Å²) in [6.45, 7) is -0.933. The van der Waals surface area contributed by atoms with Gasteiger partial charge in [-0.15, -0.1) is 5.10 Å². The minimum atomic E-state index is -2.72. The molecule has 11 heteroatoms. The first-order valence-electron chi connectivity index (χ1n) is 8.96. The molecule has 0 amide bonds.